The van der Waals surface area contributed by atoms with Gasteiger partial charge >= 0.3 is 5.97 Å². The third kappa shape index (κ3) is 3.69. The fraction of sp³-hybridized carbons (Fsp3) is 0.474. The Kier molecular flexibility index (Phi) is 5.11. The van der Waals surface area contributed by atoms with E-state index < -0.39 is 30.0 Å². The van der Waals surface area contributed by atoms with Crippen LogP contribution in [0.25, 0.3) is 0 Å². The van der Waals surface area contributed by atoms with E-state index >= 15 is 0 Å². The van der Waals surface area contributed by atoms with E-state index in [-0.39, 0.29) is 0 Å². The summed E-state index contributed by atoms with van der Waals surface area (Å²) >= 11 is 0. The Hall–Kier alpha value is -2.42. The van der Waals surface area contributed by atoms with E-state index in [0.29, 0.717) is 45.3 Å². The van der Waals surface area contributed by atoms with Gasteiger partial charge in [-0.2, -0.15) is 0 Å². The molecule has 8 nitrogen and oxygen atoms in total. The van der Waals surface area contributed by atoms with Gasteiger partial charge in [0, 0.05) is 24.6 Å². The maximum Gasteiger partial charge on any atom is 0.317 e. The first-order valence-electron chi connectivity index (χ1n) is 9.05. The largest absolute Gasteiger partial charge is 0.481 e. The van der Waals surface area contributed by atoms with E-state index in [0.717, 1.165) is 11.1 Å². The summed E-state index contributed by atoms with van der Waals surface area (Å²) in [5.74, 6) is -2.76. The zero-order chi connectivity index (χ0) is 18.8. The number of hydrogen-bond donors (Lipinski definition) is 2. The van der Waals surface area contributed by atoms with Gasteiger partial charge in [-0.25, -0.2) is 0 Å². The van der Waals surface area contributed by atoms with Crippen LogP contribution in [0.1, 0.15) is 23.3 Å². The van der Waals surface area contributed by atoms with Crippen molar-refractivity contribution in [1.82, 2.24) is 10.2 Å². The zero-order valence-corrected chi connectivity index (χ0v) is 14.8. The van der Waals surface area contributed by atoms with E-state index in [2.05, 4.69) is 5.32 Å². The van der Waals surface area contributed by atoms with Crippen molar-refractivity contribution in [1.29, 1.82) is 0 Å². The van der Waals surface area contributed by atoms with Crippen molar-refractivity contribution < 1.29 is 28.9 Å². The second-order valence-electron chi connectivity index (χ2n) is 6.73. The predicted molar refractivity (Wildman–Crippen MR) is 93.6 cm³/mol. The first-order chi connectivity index (χ1) is 13.1. The molecule has 3 aliphatic rings. The van der Waals surface area contributed by atoms with Crippen molar-refractivity contribution in [2.24, 2.45) is 5.92 Å². The molecule has 0 aromatic heterocycles. The quantitative estimate of drug-likeness (QED) is 0.753. The molecule has 0 spiro atoms. The monoisotopic (exact) mass is 374 g/mol. The van der Waals surface area contributed by atoms with Gasteiger partial charge in [-0.1, -0.05) is 24.3 Å². The molecule has 144 valence electrons. The minimum atomic E-state index is -1.18. The molecule has 27 heavy (non-hydrogen) atoms. The van der Waals surface area contributed by atoms with Crippen molar-refractivity contribution in [3.05, 3.63) is 47.3 Å². The second-order valence-corrected chi connectivity index (χ2v) is 6.73. The third-order valence-corrected chi connectivity index (χ3v) is 5.04. The first-order valence-corrected chi connectivity index (χ1v) is 9.05. The number of hydrogen-bond acceptors (Lipinski definition) is 6. The van der Waals surface area contributed by atoms with Gasteiger partial charge in [-0.15, -0.1) is 0 Å². The van der Waals surface area contributed by atoms with E-state index in [9.17, 15) is 14.7 Å². The average Bonchev–Trinajstić information content (AvgIpc) is 3.23. The lowest BCUT2D eigenvalue weighted by Gasteiger charge is -2.36. The number of aliphatic carboxylic acids is 1. The fourth-order valence-electron chi connectivity index (χ4n) is 3.68. The number of nitrogens with zero attached hydrogens (tertiary/aromatic N) is 1. The van der Waals surface area contributed by atoms with E-state index in [4.69, 9.17) is 14.2 Å². The molecule has 3 heterocycles. The molecule has 2 saturated heterocycles. The summed E-state index contributed by atoms with van der Waals surface area (Å²) in [5.41, 5.74) is 1.57. The van der Waals surface area contributed by atoms with Gasteiger partial charge in [-0.05, 0) is 11.6 Å². The summed E-state index contributed by atoms with van der Waals surface area (Å²) in [6, 6.07) is 7.42. The van der Waals surface area contributed by atoms with E-state index in [1.165, 1.54) is 0 Å². The Morgan fingerprint density at radius 2 is 1.81 bits per heavy atom. The first kappa shape index (κ1) is 18.0. The number of allylic oxidation sites excluding steroid dienone is 1. The zero-order valence-electron chi connectivity index (χ0n) is 14.8. The lowest BCUT2D eigenvalue weighted by atomic mass is 9.82. The molecule has 2 atom stereocenters. The average molecular weight is 374 g/mol. The number of carbonyl (C=O) groups is 2. The van der Waals surface area contributed by atoms with Crippen molar-refractivity contribution in [3.63, 3.8) is 0 Å². The summed E-state index contributed by atoms with van der Waals surface area (Å²) in [6.45, 7) is 3.51. The minimum absolute atomic E-state index is 0.451. The number of carboxylic acids is 1. The molecule has 2 unspecified atom stereocenters. The molecule has 4 rings (SSSR count). The second kappa shape index (κ2) is 7.67. The van der Waals surface area contributed by atoms with Crippen LogP contribution in [0.2, 0.25) is 0 Å². The summed E-state index contributed by atoms with van der Waals surface area (Å²) < 4.78 is 16.4. The van der Waals surface area contributed by atoms with Gasteiger partial charge in [0.1, 0.15) is 11.7 Å². The Morgan fingerprint density at radius 1 is 1.11 bits per heavy atom. The number of benzene rings is 1. The maximum absolute atomic E-state index is 12.6. The molecule has 2 fully saturated rings. The predicted octanol–water partition coefficient (Wildman–Crippen LogP) is 0.820. The number of nitrogens with one attached hydrogen (secondary N) is 1. The van der Waals surface area contributed by atoms with Crippen LogP contribution < -0.4 is 5.32 Å². The Morgan fingerprint density at radius 3 is 2.52 bits per heavy atom. The van der Waals surface area contributed by atoms with E-state index in [1.807, 2.05) is 35.2 Å². The summed E-state index contributed by atoms with van der Waals surface area (Å²) in [7, 11) is 0. The standard InChI is InChI=1S/C19H22N2O6/c22-17-16(18(23)24)14(11-15(20-17)21-4-6-25-7-5-21)12-2-1-3-13(10-12)19-26-8-9-27-19/h1-3,10-11,14,16,19H,4-9H2,(H,20,22)(H,23,24). The fourth-order valence-corrected chi connectivity index (χ4v) is 3.68. The van der Waals surface area contributed by atoms with E-state index in [1.54, 1.807) is 0 Å². The molecular weight excluding hydrogens is 352 g/mol. The van der Waals surface area contributed by atoms with Crippen LogP contribution in [-0.2, 0) is 23.8 Å². The van der Waals surface area contributed by atoms with Crippen LogP contribution in [0.4, 0.5) is 0 Å². The smallest absolute Gasteiger partial charge is 0.317 e. The van der Waals surface area contributed by atoms with Crippen molar-refractivity contribution in [3.8, 4) is 0 Å². The highest BCUT2D eigenvalue weighted by atomic mass is 16.7. The van der Waals surface area contributed by atoms with Crippen LogP contribution in [0.5, 0.6) is 0 Å². The van der Waals surface area contributed by atoms with Gasteiger partial charge < -0.3 is 29.5 Å². The molecule has 0 radical (unpaired) electrons. The lowest BCUT2D eigenvalue weighted by molar-refractivity contribution is -0.147. The number of carbonyl (C=O) groups excluding carboxylic acids is 1. The highest BCUT2D eigenvalue weighted by molar-refractivity contribution is 6.00. The van der Waals surface area contributed by atoms with Crippen molar-refractivity contribution in [2.45, 2.75) is 12.2 Å². The van der Waals surface area contributed by atoms with Crippen LogP contribution in [0.15, 0.2) is 36.2 Å². The number of amides is 1. The molecule has 1 amide bonds. The molecule has 1 aromatic rings. The number of morpholine rings is 1. The summed E-state index contributed by atoms with van der Waals surface area (Å²) in [6.07, 6.45) is 1.38. The molecular formula is C19H22N2O6. The molecule has 0 aliphatic carbocycles. The van der Waals surface area contributed by atoms with Crippen LogP contribution >= 0.6 is 0 Å². The van der Waals surface area contributed by atoms with Gasteiger partial charge in [0.15, 0.2) is 6.29 Å². The Labute approximate surface area is 156 Å². The van der Waals surface area contributed by atoms with Gasteiger partial charge in [-0.3, -0.25) is 9.59 Å². The summed E-state index contributed by atoms with van der Waals surface area (Å²) in [5, 5.41) is 12.4. The summed E-state index contributed by atoms with van der Waals surface area (Å²) in [4.78, 5) is 26.4. The van der Waals surface area contributed by atoms with Crippen LogP contribution in [0.3, 0.4) is 0 Å². The van der Waals surface area contributed by atoms with Crippen molar-refractivity contribution >= 4 is 11.9 Å². The normalized spacial score (nSPS) is 26.6. The van der Waals surface area contributed by atoms with Crippen LogP contribution in [0, 0.1) is 5.92 Å². The number of carboxylic acid groups (broad SMARTS) is 1. The van der Waals surface area contributed by atoms with Crippen LogP contribution in [-0.4, -0.2) is 61.4 Å². The number of rotatable bonds is 4. The maximum atomic E-state index is 12.6. The third-order valence-electron chi connectivity index (χ3n) is 5.04. The van der Waals surface area contributed by atoms with Gasteiger partial charge in [0.05, 0.1) is 26.4 Å². The lowest BCUT2D eigenvalue weighted by Crippen LogP contribution is -2.49. The molecule has 0 saturated carbocycles. The highest BCUT2D eigenvalue weighted by Gasteiger charge is 2.40. The Bertz CT molecular complexity index is 752. The molecule has 8 heteroatoms. The minimum Gasteiger partial charge on any atom is -0.481 e. The topological polar surface area (TPSA) is 97.3 Å². The Balaban J connectivity index is 1.68. The SMILES string of the molecule is O=C(O)C1C(=O)NC(N2CCOCC2)=CC1c1cccc(C2OCCO2)c1. The molecule has 0 bridgehead atoms. The van der Waals surface area contributed by atoms with Crippen molar-refractivity contribution in [2.75, 3.05) is 39.5 Å². The highest BCUT2D eigenvalue weighted by Crippen LogP contribution is 2.34. The molecule has 1 aromatic carbocycles. The molecule has 2 N–H and O–H groups in total. The number of ether oxygens (including phenoxy) is 3. The molecule has 3 aliphatic heterocycles. The van der Waals surface area contributed by atoms with Gasteiger partial charge in [0.25, 0.3) is 0 Å². The van der Waals surface area contributed by atoms with Gasteiger partial charge in [0.2, 0.25) is 5.91 Å².